The number of rotatable bonds is 5. The number of pyridine rings is 1. The Morgan fingerprint density at radius 2 is 1.94 bits per heavy atom. The first-order valence-corrected chi connectivity index (χ1v) is 12.9. The summed E-state index contributed by atoms with van der Waals surface area (Å²) >= 11 is 0. The van der Waals surface area contributed by atoms with Gasteiger partial charge in [-0.15, -0.1) is 0 Å². The Hall–Kier alpha value is -3.14. The summed E-state index contributed by atoms with van der Waals surface area (Å²) in [5.74, 6) is -0.425. The number of hydrogen-bond donors (Lipinski definition) is 0. The Morgan fingerprint density at radius 3 is 2.72 bits per heavy atom. The minimum atomic E-state index is -0.557. The number of fused-ring (bicyclic) bond motifs is 2. The molecule has 0 aromatic carbocycles. The molecule has 1 atom stereocenters. The summed E-state index contributed by atoms with van der Waals surface area (Å²) in [6, 6.07) is 1.35. The summed E-state index contributed by atoms with van der Waals surface area (Å²) in [5.41, 5.74) is 3.22. The van der Waals surface area contributed by atoms with Crippen molar-refractivity contribution in [3.8, 4) is 5.75 Å². The van der Waals surface area contributed by atoms with Crippen LogP contribution in [0.4, 0.5) is 0 Å². The van der Waals surface area contributed by atoms with Gasteiger partial charge in [-0.1, -0.05) is 0 Å². The molecule has 1 amide bonds. The van der Waals surface area contributed by atoms with Gasteiger partial charge in [0.1, 0.15) is 23.6 Å². The second-order valence-electron chi connectivity index (χ2n) is 9.76. The molecule has 3 aliphatic rings. The molecule has 10 heteroatoms. The molecule has 2 aromatic heterocycles. The van der Waals surface area contributed by atoms with Crippen molar-refractivity contribution in [1.29, 1.82) is 0 Å². The summed E-state index contributed by atoms with van der Waals surface area (Å²) < 4.78 is 20.0. The SMILES string of the molecule is COC(=O)c1c(OCC2CCCCO2)cc(=O)n2c1CCN(C(=O)c1c3c(nn1C)CCCC3)CC2. The summed E-state index contributed by atoms with van der Waals surface area (Å²) in [4.78, 5) is 41.3. The Kier molecular flexibility index (Phi) is 7.13. The fourth-order valence-electron chi connectivity index (χ4n) is 5.61. The Balaban J connectivity index is 1.41. The zero-order valence-corrected chi connectivity index (χ0v) is 21.1. The van der Waals surface area contributed by atoms with E-state index in [2.05, 4.69) is 5.10 Å². The third kappa shape index (κ3) is 4.66. The monoisotopic (exact) mass is 498 g/mol. The lowest BCUT2D eigenvalue weighted by Crippen LogP contribution is -2.36. The molecule has 2 aliphatic heterocycles. The lowest BCUT2D eigenvalue weighted by atomic mass is 9.95. The van der Waals surface area contributed by atoms with Gasteiger partial charge in [-0.25, -0.2) is 4.79 Å². The first-order valence-electron chi connectivity index (χ1n) is 12.9. The van der Waals surface area contributed by atoms with E-state index in [0.717, 1.165) is 56.2 Å². The molecule has 5 rings (SSSR count). The van der Waals surface area contributed by atoms with Crippen LogP contribution in [0.3, 0.4) is 0 Å². The number of amides is 1. The van der Waals surface area contributed by atoms with Gasteiger partial charge in [0, 0.05) is 57.0 Å². The zero-order chi connectivity index (χ0) is 25.2. The molecule has 194 valence electrons. The van der Waals surface area contributed by atoms with Crippen LogP contribution in [0.1, 0.15) is 69.9 Å². The van der Waals surface area contributed by atoms with Crippen molar-refractivity contribution in [2.75, 3.05) is 33.4 Å². The van der Waals surface area contributed by atoms with E-state index in [0.29, 0.717) is 37.5 Å². The van der Waals surface area contributed by atoms with Crippen LogP contribution in [-0.4, -0.2) is 70.6 Å². The number of nitrogens with zero attached hydrogens (tertiary/aromatic N) is 4. The number of aryl methyl sites for hydroxylation is 2. The molecule has 0 radical (unpaired) electrons. The maximum absolute atomic E-state index is 13.6. The van der Waals surface area contributed by atoms with E-state index >= 15 is 0 Å². The average Bonchev–Trinajstić information content (AvgIpc) is 3.07. The first-order chi connectivity index (χ1) is 17.5. The maximum Gasteiger partial charge on any atom is 0.343 e. The molecule has 0 spiro atoms. The quantitative estimate of drug-likeness (QED) is 0.580. The first kappa shape index (κ1) is 24.5. The predicted molar refractivity (Wildman–Crippen MR) is 131 cm³/mol. The number of methoxy groups -OCH3 is 1. The molecule has 2 aromatic rings. The lowest BCUT2D eigenvalue weighted by molar-refractivity contribution is -0.0114. The van der Waals surface area contributed by atoms with Gasteiger partial charge in [-0.2, -0.15) is 5.10 Å². The van der Waals surface area contributed by atoms with E-state index in [4.69, 9.17) is 14.2 Å². The van der Waals surface area contributed by atoms with Gasteiger partial charge in [0.05, 0.1) is 18.9 Å². The van der Waals surface area contributed by atoms with Crippen molar-refractivity contribution in [2.24, 2.45) is 7.05 Å². The Labute approximate surface area is 210 Å². The number of esters is 1. The van der Waals surface area contributed by atoms with E-state index in [9.17, 15) is 14.4 Å². The van der Waals surface area contributed by atoms with Gasteiger partial charge in [0.15, 0.2) is 0 Å². The van der Waals surface area contributed by atoms with Gasteiger partial charge in [-0.05, 0) is 44.9 Å². The van der Waals surface area contributed by atoms with E-state index in [1.807, 2.05) is 7.05 Å². The molecular weight excluding hydrogens is 464 g/mol. The van der Waals surface area contributed by atoms with E-state index < -0.39 is 5.97 Å². The molecule has 1 aliphatic carbocycles. The van der Waals surface area contributed by atoms with Crippen molar-refractivity contribution in [1.82, 2.24) is 19.2 Å². The molecule has 1 saturated heterocycles. The highest BCUT2D eigenvalue weighted by Crippen LogP contribution is 2.27. The van der Waals surface area contributed by atoms with Gasteiger partial charge in [0.25, 0.3) is 11.5 Å². The number of aromatic nitrogens is 3. The van der Waals surface area contributed by atoms with Crippen molar-refractivity contribution in [2.45, 2.75) is 64.0 Å². The van der Waals surface area contributed by atoms with Crippen molar-refractivity contribution in [3.05, 3.63) is 44.6 Å². The Morgan fingerprint density at radius 1 is 1.11 bits per heavy atom. The van der Waals surface area contributed by atoms with Crippen LogP contribution in [0.2, 0.25) is 0 Å². The maximum atomic E-state index is 13.6. The second-order valence-corrected chi connectivity index (χ2v) is 9.76. The summed E-state index contributed by atoms with van der Waals surface area (Å²) in [6.07, 6.45) is 7.14. The highest BCUT2D eigenvalue weighted by molar-refractivity contribution is 5.95. The smallest absolute Gasteiger partial charge is 0.343 e. The van der Waals surface area contributed by atoms with E-state index in [-0.39, 0.29) is 42.0 Å². The fourth-order valence-corrected chi connectivity index (χ4v) is 5.61. The van der Waals surface area contributed by atoms with Crippen molar-refractivity contribution < 1.29 is 23.8 Å². The number of ether oxygens (including phenoxy) is 3. The standard InChI is InChI=1S/C26H34N4O6/c1-28-24(18-8-3-4-9-19(18)27-28)25(32)29-11-10-20-23(26(33)34-2)21(15-22(31)30(20)13-12-29)36-16-17-7-5-6-14-35-17/h15,17H,3-14,16H2,1-2H3. The predicted octanol–water partition coefficient (Wildman–Crippen LogP) is 1.89. The molecule has 4 heterocycles. The van der Waals surface area contributed by atoms with Crippen LogP contribution in [0.5, 0.6) is 5.75 Å². The highest BCUT2D eigenvalue weighted by Gasteiger charge is 2.31. The average molecular weight is 499 g/mol. The lowest BCUT2D eigenvalue weighted by Gasteiger charge is -2.24. The molecule has 0 N–H and O–H groups in total. The molecule has 1 unspecified atom stereocenters. The van der Waals surface area contributed by atoms with Crippen molar-refractivity contribution in [3.63, 3.8) is 0 Å². The summed E-state index contributed by atoms with van der Waals surface area (Å²) in [7, 11) is 3.13. The highest BCUT2D eigenvalue weighted by atomic mass is 16.5. The van der Waals surface area contributed by atoms with Crippen LogP contribution in [0, 0.1) is 0 Å². The molecule has 36 heavy (non-hydrogen) atoms. The molecule has 10 nitrogen and oxygen atoms in total. The third-order valence-electron chi connectivity index (χ3n) is 7.49. The van der Waals surface area contributed by atoms with E-state index in [1.165, 1.54) is 13.2 Å². The van der Waals surface area contributed by atoms with Crippen LogP contribution in [0.15, 0.2) is 10.9 Å². The van der Waals surface area contributed by atoms with Crippen LogP contribution < -0.4 is 10.3 Å². The number of carbonyl (C=O) groups excluding carboxylic acids is 2. The largest absolute Gasteiger partial charge is 0.490 e. The fraction of sp³-hybridized carbons (Fsp3) is 0.615. The Bertz CT molecular complexity index is 1210. The van der Waals surface area contributed by atoms with E-state index in [1.54, 1.807) is 14.1 Å². The number of hydrogen-bond acceptors (Lipinski definition) is 7. The molecular formula is C26H34N4O6. The molecule has 0 bridgehead atoms. The van der Waals surface area contributed by atoms with Crippen LogP contribution in [-0.2, 0) is 42.3 Å². The minimum absolute atomic E-state index is 0.0660. The van der Waals surface area contributed by atoms with Gasteiger partial charge in [-0.3, -0.25) is 14.3 Å². The van der Waals surface area contributed by atoms with Gasteiger partial charge < -0.3 is 23.7 Å². The second kappa shape index (κ2) is 10.5. The normalized spacial score (nSPS) is 19.7. The molecule has 0 saturated carbocycles. The van der Waals surface area contributed by atoms with Crippen LogP contribution in [0.25, 0.3) is 0 Å². The van der Waals surface area contributed by atoms with Crippen LogP contribution >= 0.6 is 0 Å². The third-order valence-corrected chi connectivity index (χ3v) is 7.49. The molecule has 1 fully saturated rings. The topological polar surface area (TPSA) is 105 Å². The number of carbonyl (C=O) groups is 2. The zero-order valence-electron chi connectivity index (χ0n) is 21.1. The summed E-state index contributed by atoms with van der Waals surface area (Å²) in [6.45, 7) is 1.98. The summed E-state index contributed by atoms with van der Waals surface area (Å²) in [5, 5.41) is 4.59. The minimum Gasteiger partial charge on any atom is -0.490 e. The van der Waals surface area contributed by atoms with Crippen molar-refractivity contribution >= 4 is 11.9 Å². The van der Waals surface area contributed by atoms with Gasteiger partial charge >= 0.3 is 5.97 Å². The van der Waals surface area contributed by atoms with Gasteiger partial charge in [0.2, 0.25) is 0 Å².